The number of carboxylic acids is 1. The molecule has 0 saturated heterocycles. The van der Waals surface area contributed by atoms with Crippen LogP contribution in [0.15, 0.2) is 30.3 Å². The van der Waals surface area contributed by atoms with Gasteiger partial charge in [0.2, 0.25) is 0 Å². The van der Waals surface area contributed by atoms with Crippen LogP contribution in [0.25, 0.3) is 0 Å². The summed E-state index contributed by atoms with van der Waals surface area (Å²) in [6, 6.07) is 9.40. The fourth-order valence-corrected chi connectivity index (χ4v) is 3.15. The predicted molar refractivity (Wildman–Crippen MR) is 100 cm³/mol. The Morgan fingerprint density at radius 1 is 1.32 bits per heavy atom. The monoisotopic (exact) mass is 361 g/mol. The van der Waals surface area contributed by atoms with Crippen LogP contribution in [0.4, 0.5) is 5.69 Å². The highest BCUT2D eigenvalue weighted by atomic mass is 32.2. The molecule has 0 bridgehead atoms. The maximum atomic E-state index is 12.5. The van der Waals surface area contributed by atoms with Gasteiger partial charge in [-0.05, 0) is 29.7 Å². The molecule has 0 radical (unpaired) electrons. The number of nitrogens with zero attached hydrogens (tertiary/aromatic N) is 2. The molecule has 134 valence electrons. The summed E-state index contributed by atoms with van der Waals surface area (Å²) in [4.78, 5) is 23.0. The molecule has 7 heteroatoms. The molecule has 1 aromatic heterocycles. The lowest BCUT2D eigenvalue weighted by Crippen LogP contribution is -2.16. The van der Waals surface area contributed by atoms with Crippen molar-refractivity contribution in [2.24, 2.45) is 7.05 Å². The second-order valence-electron chi connectivity index (χ2n) is 6.08. The topological polar surface area (TPSA) is 84.2 Å². The molecular weight excluding hydrogens is 338 g/mol. The average Bonchev–Trinajstić information content (AvgIpc) is 2.94. The summed E-state index contributed by atoms with van der Waals surface area (Å²) in [5.74, 6) is 0.556. The second kappa shape index (κ2) is 8.71. The summed E-state index contributed by atoms with van der Waals surface area (Å²) in [6.45, 7) is 4.07. The van der Waals surface area contributed by atoms with Crippen molar-refractivity contribution in [2.75, 3.05) is 11.1 Å². The first kappa shape index (κ1) is 19.1. The Balaban J connectivity index is 1.99. The molecule has 0 saturated carbocycles. The van der Waals surface area contributed by atoms with Gasteiger partial charge >= 0.3 is 5.97 Å². The Hall–Kier alpha value is -2.28. The van der Waals surface area contributed by atoms with Gasteiger partial charge in [0, 0.05) is 24.2 Å². The molecule has 2 rings (SSSR count). The van der Waals surface area contributed by atoms with Gasteiger partial charge < -0.3 is 10.4 Å². The quantitative estimate of drug-likeness (QED) is 0.703. The normalized spacial score (nSPS) is 10.9. The largest absolute Gasteiger partial charge is 0.481 e. The number of carbonyl (C=O) groups excluding carboxylic acids is 1. The van der Waals surface area contributed by atoms with Crippen molar-refractivity contribution in [3.63, 3.8) is 0 Å². The Labute approximate surface area is 151 Å². The van der Waals surface area contributed by atoms with Crippen molar-refractivity contribution < 1.29 is 14.7 Å². The van der Waals surface area contributed by atoms with Crippen LogP contribution in [0.3, 0.4) is 0 Å². The molecule has 0 unspecified atom stereocenters. The smallest absolute Gasteiger partial charge is 0.304 e. The van der Waals surface area contributed by atoms with Gasteiger partial charge in [-0.1, -0.05) is 26.0 Å². The molecular formula is C18H23N3O3S. The van der Waals surface area contributed by atoms with Gasteiger partial charge in [-0.2, -0.15) is 16.9 Å². The third-order valence-corrected chi connectivity index (χ3v) is 4.67. The van der Waals surface area contributed by atoms with Gasteiger partial charge in [0.1, 0.15) is 5.69 Å². The van der Waals surface area contributed by atoms with Gasteiger partial charge in [-0.3, -0.25) is 14.3 Å². The van der Waals surface area contributed by atoms with Crippen LogP contribution in [-0.4, -0.2) is 32.5 Å². The third-order valence-electron chi connectivity index (χ3n) is 3.64. The Morgan fingerprint density at radius 2 is 2.08 bits per heavy atom. The summed E-state index contributed by atoms with van der Waals surface area (Å²) in [5.41, 5.74) is 3.16. The van der Waals surface area contributed by atoms with Crippen molar-refractivity contribution in [1.82, 2.24) is 9.78 Å². The van der Waals surface area contributed by atoms with Crippen molar-refractivity contribution >= 4 is 29.3 Å². The number of carbonyl (C=O) groups is 2. The van der Waals surface area contributed by atoms with Crippen molar-refractivity contribution in [3.8, 4) is 0 Å². The van der Waals surface area contributed by atoms with Crippen LogP contribution in [0.5, 0.6) is 0 Å². The number of hydrogen-bond donors (Lipinski definition) is 2. The summed E-state index contributed by atoms with van der Waals surface area (Å²) in [6.07, 6.45) is 0.153. The number of hydrogen-bond acceptors (Lipinski definition) is 4. The molecule has 0 spiro atoms. The molecule has 6 nitrogen and oxygen atoms in total. The number of anilines is 1. The summed E-state index contributed by atoms with van der Waals surface area (Å²) >= 11 is 1.56. The molecule has 1 heterocycles. The zero-order chi connectivity index (χ0) is 18.4. The van der Waals surface area contributed by atoms with E-state index in [0.29, 0.717) is 22.9 Å². The first-order chi connectivity index (χ1) is 11.9. The minimum absolute atomic E-state index is 0.153. The first-order valence-corrected chi connectivity index (χ1v) is 9.26. The Kier molecular flexibility index (Phi) is 6.64. The van der Waals surface area contributed by atoms with Crippen molar-refractivity contribution in [2.45, 2.75) is 31.9 Å². The van der Waals surface area contributed by atoms with E-state index in [9.17, 15) is 9.59 Å². The van der Waals surface area contributed by atoms with E-state index in [1.807, 2.05) is 44.2 Å². The number of aryl methyl sites for hydroxylation is 1. The van der Waals surface area contributed by atoms with Gasteiger partial charge in [0.05, 0.1) is 12.1 Å². The number of nitrogens with one attached hydrogen (secondary N) is 1. The summed E-state index contributed by atoms with van der Waals surface area (Å²) in [5, 5.41) is 15.9. The van der Waals surface area contributed by atoms with E-state index in [2.05, 4.69) is 10.4 Å². The molecule has 2 N–H and O–H groups in total. The van der Waals surface area contributed by atoms with Gasteiger partial charge in [-0.25, -0.2) is 0 Å². The zero-order valence-corrected chi connectivity index (χ0v) is 15.5. The highest BCUT2D eigenvalue weighted by Gasteiger charge is 2.15. The maximum Gasteiger partial charge on any atom is 0.304 e. The van der Waals surface area contributed by atoms with E-state index in [0.717, 1.165) is 11.3 Å². The Morgan fingerprint density at radius 3 is 2.72 bits per heavy atom. The van der Waals surface area contributed by atoms with E-state index in [4.69, 9.17) is 5.11 Å². The number of rotatable bonds is 8. The third kappa shape index (κ3) is 5.63. The standard InChI is InChI=1S/C18H23N3O3S/c1-12(2)15-10-16(21(3)20-15)18(24)19-14-6-4-5-13(9-14)11-25-8-7-17(22)23/h4-6,9-10,12H,7-8,11H2,1-3H3,(H,19,24)(H,22,23). The van der Waals surface area contributed by atoms with Crippen LogP contribution in [0, 0.1) is 0 Å². The molecule has 0 aliphatic heterocycles. The first-order valence-electron chi connectivity index (χ1n) is 8.10. The van der Waals surface area contributed by atoms with E-state index in [1.165, 1.54) is 0 Å². The zero-order valence-electron chi connectivity index (χ0n) is 14.7. The van der Waals surface area contributed by atoms with Crippen LogP contribution in [-0.2, 0) is 17.6 Å². The highest BCUT2D eigenvalue weighted by molar-refractivity contribution is 7.98. The number of benzene rings is 1. The minimum Gasteiger partial charge on any atom is -0.481 e. The minimum atomic E-state index is -0.787. The predicted octanol–water partition coefficient (Wildman–Crippen LogP) is 3.50. The maximum absolute atomic E-state index is 12.5. The highest BCUT2D eigenvalue weighted by Crippen LogP contribution is 2.19. The fraction of sp³-hybridized carbons (Fsp3) is 0.389. The fourth-order valence-electron chi connectivity index (χ4n) is 2.27. The molecule has 0 atom stereocenters. The SMILES string of the molecule is CC(C)c1cc(C(=O)Nc2cccc(CSCCC(=O)O)c2)n(C)n1. The molecule has 1 amide bonds. The van der Waals surface area contributed by atoms with Gasteiger partial charge in [0.15, 0.2) is 0 Å². The number of carboxylic acid groups (broad SMARTS) is 1. The average molecular weight is 361 g/mol. The number of amides is 1. The van der Waals surface area contributed by atoms with Gasteiger partial charge in [-0.15, -0.1) is 0 Å². The van der Waals surface area contributed by atoms with E-state index in [1.54, 1.807) is 23.5 Å². The van der Waals surface area contributed by atoms with Crippen LogP contribution >= 0.6 is 11.8 Å². The molecule has 0 aliphatic carbocycles. The second-order valence-corrected chi connectivity index (χ2v) is 7.19. The lowest BCUT2D eigenvalue weighted by molar-refractivity contribution is -0.136. The van der Waals surface area contributed by atoms with Crippen LogP contribution in [0.2, 0.25) is 0 Å². The molecule has 2 aromatic rings. The lowest BCUT2D eigenvalue weighted by atomic mass is 10.1. The number of thioether (sulfide) groups is 1. The number of aromatic nitrogens is 2. The summed E-state index contributed by atoms with van der Waals surface area (Å²) < 4.78 is 1.59. The molecule has 1 aromatic carbocycles. The van der Waals surface area contributed by atoms with E-state index >= 15 is 0 Å². The molecule has 25 heavy (non-hydrogen) atoms. The Bertz CT molecular complexity index is 756. The van der Waals surface area contributed by atoms with E-state index < -0.39 is 5.97 Å². The van der Waals surface area contributed by atoms with Gasteiger partial charge in [0.25, 0.3) is 5.91 Å². The molecule has 0 fully saturated rings. The van der Waals surface area contributed by atoms with Crippen molar-refractivity contribution in [3.05, 3.63) is 47.3 Å². The van der Waals surface area contributed by atoms with Crippen LogP contribution < -0.4 is 5.32 Å². The van der Waals surface area contributed by atoms with Crippen LogP contribution in [0.1, 0.15) is 47.9 Å². The molecule has 0 aliphatic rings. The van der Waals surface area contributed by atoms with Crippen molar-refractivity contribution in [1.29, 1.82) is 0 Å². The van der Waals surface area contributed by atoms with E-state index in [-0.39, 0.29) is 18.2 Å². The number of aliphatic carboxylic acids is 1. The summed E-state index contributed by atoms with van der Waals surface area (Å²) in [7, 11) is 1.76. The lowest BCUT2D eigenvalue weighted by Gasteiger charge is -2.07.